The molecule has 1 aliphatic heterocycles. The van der Waals surface area contributed by atoms with Gasteiger partial charge in [-0.2, -0.15) is 0 Å². The van der Waals surface area contributed by atoms with Crippen LogP contribution in [0.2, 0.25) is 5.15 Å². The molecule has 0 N–H and O–H groups in total. The number of hydrogen-bond acceptors (Lipinski definition) is 4. The first-order valence-electron chi connectivity index (χ1n) is 7.56. The van der Waals surface area contributed by atoms with E-state index in [1.54, 1.807) is 12.1 Å². The second-order valence-corrected chi connectivity index (χ2v) is 5.54. The van der Waals surface area contributed by atoms with Crippen molar-refractivity contribution in [1.29, 1.82) is 0 Å². The van der Waals surface area contributed by atoms with Gasteiger partial charge in [0.15, 0.2) is 0 Å². The van der Waals surface area contributed by atoms with E-state index in [9.17, 15) is 4.79 Å². The van der Waals surface area contributed by atoms with E-state index in [1.807, 2.05) is 4.90 Å². The molecule has 1 aromatic heterocycles. The maximum atomic E-state index is 12.7. The van der Waals surface area contributed by atoms with Crippen molar-refractivity contribution >= 4 is 17.5 Å². The lowest BCUT2D eigenvalue weighted by Crippen LogP contribution is -2.48. The van der Waals surface area contributed by atoms with E-state index < -0.39 is 0 Å². The molecule has 1 amide bonds. The standard InChI is InChI=1S/C16H22ClN3O2/c1-3-5-10-22-14-11-15(17)18-12-13(14)16(21)20-8-6-19(4-2)7-9-20/h3,11-12H,1,4-10H2,2H3. The summed E-state index contributed by atoms with van der Waals surface area (Å²) in [6.45, 7) is 10.5. The highest BCUT2D eigenvalue weighted by Crippen LogP contribution is 2.23. The van der Waals surface area contributed by atoms with Crippen molar-refractivity contribution in [2.75, 3.05) is 39.3 Å². The molecule has 0 aromatic carbocycles. The number of amides is 1. The molecule has 0 spiro atoms. The highest BCUT2D eigenvalue weighted by Gasteiger charge is 2.24. The molecule has 0 radical (unpaired) electrons. The molecule has 2 heterocycles. The SMILES string of the molecule is C=CCCOc1cc(Cl)ncc1C(=O)N1CCN(CC)CC1. The summed E-state index contributed by atoms with van der Waals surface area (Å²) in [4.78, 5) is 20.9. The van der Waals surface area contributed by atoms with Crippen LogP contribution >= 0.6 is 11.6 Å². The Labute approximate surface area is 136 Å². The van der Waals surface area contributed by atoms with Gasteiger partial charge in [-0.05, 0) is 13.0 Å². The number of ether oxygens (including phenoxy) is 1. The van der Waals surface area contributed by atoms with Gasteiger partial charge in [-0.15, -0.1) is 6.58 Å². The maximum Gasteiger partial charge on any atom is 0.259 e. The summed E-state index contributed by atoms with van der Waals surface area (Å²) in [5.74, 6) is 0.443. The van der Waals surface area contributed by atoms with Crippen LogP contribution in [0.15, 0.2) is 24.9 Å². The van der Waals surface area contributed by atoms with E-state index in [0.717, 1.165) is 32.7 Å². The minimum absolute atomic E-state index is 0.0477. The summed E-state index contributed by atoms with van der Waals surface area (Å²) in [5, 5.41) is 0.320. The number of nitrogens with zero attached hydrogens (tertiary/aromatic N) is 3. The first-order chi connectivity index (χ1) is 10.7. The van der Waals surface area contributed by atoms with Gasteiger partial charge in [0.1, 0.15) is 10.9 Å². The molecule has 2 rings (SSSR count). The topological polar surface area (TPSA) is 45.7 Å². The summed E-state index contributed by atoms with van der Waals surface area (Å²) in [6, 6.07) is 1.60. The number of rotatable bonds is 6. The zero-order chi connectivity index (χ0) is 15.9. The molecule has 120 valence electrons. The molecule has 0 aliphatic carbocycles. The zero-order valence-electron chi connectivity index (χ0n) is 12.9. The molecular formula is C16H22ClN3O2. The van der Waals surface area contributed by atoms with Crippen molar-refractivity contribution in [3.05, 3.63) is 35.6 Å². The van der Waals surface area contributed by atoms with Gasteiger partial charge < -0.3 is 14.5 Å². The summed E-state index contributed by atoms with van der Waals surface area (Å²) < 4.78 is 5.66. The lowest BCUT2D eigenvalue weighted by molar-refractivity contribution is 0.0639. The second-order valence-electron chi connectivity index (χ2n) is 5.16. The van der Waals surface area contributed by atoms with Gasteiger partial charge >= 0.3 is 0 Å². The average Bonchev–Trinajstić information content (AvgIpc) is 2.55. The average molecular weight is 324 g/mol. The Balaban J connectivity index is 2.09. The fraction of sp³-hybridized carbons (Fsp3) is 0.500. The van der Waals surface area contributed by atoms with E-state index in [-0.39, 0.29) is 5.91 Å². The third-order valence-electron chi connectivity index (χ3n) is 3.75. The van der Waals surface area contributed by atoms with Crippen LogP contribution in [-0.2, 0) is 0 Å². The fourth-order valence-electron chi connectivity index (χ4n) is 2.38. The van der Waals surface area contributed by atoms with E-state index in [4.69, 9.17) is 16.3 Å². The molecule has 0 bridgehead atoms. The van der Waals surface area contributed by atoms with Crippen molar-refractivity contribution in [2.24, 2.45) is 0 Å². The van der Waals surface area contributed by atoms with Crippen molar-refractivity contribution in [3.63, 3.8) is 0 Å². The summed E-state index contributed by atoms with van der Waals surface area (Å²) in [6.07, 6.45) is 3.98. The Morgan fingerprint density at radius 1 is 1.45 bits per heavy atom. The first kappa shape index (κ1) is 16.8. The Hall–Kier alpha value is -1.59. The Kier molecular flexibility index (Phi) is 6.21. The van der Waals surface area contributed by atoms with Gasteiger partial charge in [-0.25, -0.2) is 4.98 Å². The number of piperazine rings is 1. The van der Waals surface area contributed by atoms with Crippen molar-refractivity contribution < 1.29 is 9.53 Å². The minimum Gasteiger partial charge on any atom is -0.492 e. The molecule has 1 aromatic rings. The molecule has 1 fully saturated rings. The van der Waals surface area contributed by atoms with Crippen LogP contribution in [0, 0.1) is 0 Å². The van der Waals surface area contributed by atoms with E-state index >= 15 is 0 Å². The van der Waals surface area contributed by atoms with E-state index in [1.165, 1.54) is 6.20 Å². The number of carbonyl (C=O) groups excluding carboxylic acids is 1. The highest BCUT2D eigenvalue weighted by molar-refractivity contribution is 6.29. The Morgan fingerprint density at radius 2 is 2.18 bits per heavy atom. The summed E-state index contributed by atoms with van der Waals surface area (Å²) >= 11 is 5.92. The fourth-order valence-corrected chi connectivity index (χ4v) is 2.53. The first-order valence-corrected chi connectivity index (χ1v) is 7.94. The van der Waals surface area contributed by atoms with Gasteiger partial charge in [0.2, 0.25) is 0 Å². The molecule has 0 atom stereocenters. The Morgan fingerprint density at radius 3 is 2.82 bits per heavy atom. The van der Waals surface area contributed by atoms with E-state index in [0.29, 0.717) is 29.5 Å². The quantitative estimate of drug-likeness (QED) is 0.458. The Bertz CT molecular complexity index is 528. The lowest BCUT2D eigenvalue weighted by atomic mass is 10.2. The van der Waals surface area contributed by atoms with Gasteiger partial charge in [-0.3, -0.25) is 4.79 Å². The summed E-state index contributed by atoms with van der Waals surface area (Å²) in [7, 11) is 0. The monoisotopic (exact) mass is 323 g/mol. The smallest absolute Gasteiger partial charge is 0.259 e. The van der Waals surface area contributed by atoms with Gasteiger partial charge in [-0.1, -0.05) is 24.6 Å². The maximum absolute atomic E-state index is 12.7. The lowest BCUT2D eigenvalue weighted by Gasteiger charge is -2.34. The molecule has 1 aliphatic rings. The molecule has 1 saturated heterocycles. The predicted octanol–water partition coefficient (Wildman–Crippen LogP) is 2.47. The van der Waals surface area contributed by atoms with Gasteiger partial charge in [0, 0.05) is 38.4 Å². The van der Waals surface area contributed by atoms with Crippen molar-refractivity contribution in [1.82, 2.24) is 14.8 Å². The highest BCUT2D eigenvalue weighted by atomic mass is 35.5. The third-order valence-corrected chi connectivity index (χ3v) is 3.96. The van der Waals surface area contributed by atoms with Gasteiger partial charge in [0.25, 0.3) is 5.91 Å². The minimum atomic E-state index is -0.0477. The van der Waals surface area contributed by atoms with Crippen LogP contribution in [-0.4, -0.2) is 60.0 Å². The van der Waals surface area contributed by atoms with Gasteiger partial charge in [0.05, 0.1) is 12.2 Å². The second kappa shape index (κ2) is 8.15. The van der Waals surface area contributed by atoms with E-state index in [2.05, 4.69) is 23.4 Å². The zero-order valence-corrected chi connectivity index (χ0v) is 13.7. The summed E-state index contributed by atoms with van der Waals surface area (Å²) in [5.41, 5.74) is 0.471. The number of aromatic nitrogens is 1. The predicted molar refractivity (Wildman–Crippen MR) is 87.6 cm³/mol. The third kappa shape index (κ3) is 4.21. The number of pyridine rings is 1. The number of carbonyl (C=O) groups is 1. The number of likely N-dealkylation sites (N-methyl/N-ethyl adjacent to an activating group) is 1. The van der Waals surface area contributed by atoms with Crippen LogP contribution in [0.1, 0.15) is 23.7 Å². The van der Waals surface area contributed by atoms with Crippen molar-refractivity contribution in [2.45, 2.75) is 13.3 Å². The van der Waals surface area contributed by atoms with Crippen LogP contribution < -0.4 is 4.74 Å². The number of halogens is 1. The largest absolute Gasteiger partial charge is 0.492 e. The normalized spacial score (nSPS) is 15.6. The van der Waals surface area contributed by atoms with Crippen LogP contribution in [0.3, 0.4) is 0 Å². The molecule has 22 heavy (non-hydrogen) atoms. The molecule has 6 heteroatoms. The molecule has 0 unspecified atom stereocenters. The van der Waals surface area contributed by atoms with Crippen LogP contribution in [0.4, 0.5) is 0 Å². The molecule has 5 nitrogen and oxygen atoms in total. The molecular weight excluding hydrogens is 302 g/mol. The van der Waals surface area contributed by atoms with Crippen LogP contribution in [0.5, 0.6) is 5.75 Å². The molecule has 0 saturated carbocycles. The van der Waals surface area contributed by atoms with Crippen molar-refractivity contribution in [3.8, 4) is 5.75 Å². The van der Waals surface area contributed by atoms with Crippen LogP contribution in [0.25, 0.3) is 0 Å². The number of hydrogen-bond donors (Lipinski definition) is 0.